The van der Waals surface area contributed by atoms with Gasteiger partial charge in [-0.2, -0.15) is 0 Å². The Hall–Kier alpha value is -2.63. The number of hydrogen-bond donors (Lipinski definition) is 2. The zero-order valence-corrected chi connectivity index (χ0v) is 15.2. The maximum Gasteiger partial charge on any atom is 0.252 e. The summed E-state index contributed by atoms with van der Waals surface area (Å²) in [4.78, 5) is 41.9. The van der Waals surface area contributed by atoms with E-state index in [1.54, 1.807) is 0 Å². The van der Waals surface area contributed by atoms with Crippen LogP contribution in [0.1, 0.15) is 57.7 Å². The summed E-state index contributed by atoms with van der Waals surface area (Å²) >= 11 is 0. The quantitative estimate of drug-likeness (QED) is 0.835. The van der Waals surface area contributed by atoms with Crippen molar-refractivity contribution < 1.29 is 14.4 Å². The van der Waals surface area contributed by atoms with Crippen LogP contribution in [0.15, 0.2) is 30.3 Å². The molecule has 1 aromatic heterocycles. The first-order valence-corrected chi connectivity index (χ1v) is 9.24. The van der Waals surface area contributed by atoms with Crippen molar-refractivity contribution in [2.24, 2.45) is 0 Å². The molecule has 2 atom stereocenters. The molecule has 3 amide bonds. The zero-order valence-electron chi connectivity index (χ0n) is 15.2. The van der Waals surface area contributed by atoms with Gasteiger partial charge < -0.3 is 10.3 Å². The fourth-order valence-electron chi connectivity index (χ4n) is 3.41. The second-order valence-electron chi connectivity index (χ2n) is 6.85. The standard InChI is InChI=1S/C20H25N3O3/c1-3-4-9-19(25)23(20(26)16-10-11-18(24)22-16)13(2)17-12-14-7-5-6-8-15(14)21-17/h5-8,12-13,16,21H,3-4,9-11H2,1-2H3,(H,22,24)/t13?,16-/m0/s1. The minimum Gasteiger partial charge on any atom is -0.357 e. The third-order valence-corrected chi connectivity index (χ3v) is 4.93. The molecule has 0 radical (unpaired) electrons. The highest BCUT2D eigenvalue weighted by molar-refractivity contribution is 6.01. The fraction of sp³-hybridized carbons (Fsp3) is 0.450. The summed E-state index contributed by atoms with van der Waals surface area (Å²) in [6, 6.07) is 8.79. The van der Waals surface area contributed by atoms with Crippen molar-refractivity contribution in [2.45, 2.75) is 58.0 Å². The minimum absolute atomic E-state index is 0.137. The van der Waals surface area contributed by atoms with Gasteiger partial charge >= 0.3 is 0 Å². The number of aromatic nitrogens is 1. The highest BCUT2D eigenvalue weighted by Gasteiger charge is 2.36. The number of rotatable bonds is 6. The second kappa shape index (κ2) is 7.72. The van der Waals surface area contributed by atoms with E-state index < -0.39 is 12.1 Å². The van der Waals surface area contributed by atoms with E-state index in [2.05, 4.69) is 10.3 Å². The lowest BCUT2D eigenvalue weighted by Crippen LogP contribution is -2.48. The Bertz CT molecular complexity index is 794. The van der Waals surface area contributed by atoms with Crippen LogP contribution in [-0.2, 0) is 14.4 Å². The number of imide groups is 1. The first-order chi connectivity index (χ1) is 12.5. The predicted molar refractivity (Wildman–Crippen MR) is 99.3 cm³/mol. The van der Waals surface area contributed by atoms with Crippen LogP contribution in [0.4, 0.5) is 0 Å². The van der Waals surface area contributed by atoms with Gasteiger partial charge in [-0.25, -0.2) is 0 Å². The molecule has 0 bridgehead atoms. The van der Waals surface area contributed by atoms with Crippen LogP contribution in [0.2, 0.25) is 0 Å². The third-order valence-electron chi connectivity index (χ3n) is 4.93. The summed E-state index contributed by atoms with van der Waals surface area (Å²) < 4.78 is 0. The van der Waals surface area contributed by atoms with Gasteiger partial charge in [0.05, 0.1) is 6.04 Å². The van der Waals surface area contributed by atoms with Crippen molar-refractivity contribution in [1.29, 1.82) is 0 Å². The van der Waals surface area contributed by atoms with E-state index in [0.717, 1.165) is 29.4 Å². The lowest BCUT2D eigenvalue weighted by atomic mass is 10.1. The van der Waals surface area contributed by atoms with E-state index in [1.807, 2.05) is 44.2 Å². The van der Waals surface area contributed by atoms with Gasteiger partial charge in [0.15, 0.2) is 0 Å². The molecular formula is C20H25N3O3. The Kier molecular flexibility index (Phi) is 5.40. The van der Waals surface area contributed by atoms with E-state index in [-0.39, 0.29) is 17.7 Å². The van der Waals surface area contributed by atoms with Crippen LogP contribution in [-0.4, -0.2) is 33.6 Å². The number of para-hydroxylation sites is 1. The Balaban J connectivity index is 1.89. The Morgan fingerprint density at radius 2 is 2.08 bits per heavy atom. The van der Waals surface area contributed by atoms with Crippen molar-refractivity contribution in [3.05, 3.63) is 36.0 Å². The molecule has 26 heavy (non-hydrogen) atoms. The average molecular weight is 355 g/mol. The summed E-state index contributed by atoms with van der Waals surface area (Å²) in [5.41, 5.74) is 1.78. The fourth-order valence-corrected chi connectivity index (χ4v) is 3.41. The Morgan fingerprint density at radius 1 is 1.31 bits per heavy atom. The maximum atomic E-state index is 13.0. The molecule has 0 aliphatic carbocycles. The molecule has 1 aliphatic rings. The van der Waals surface area contributed by atoms with Gasteiger partial charge in [-0.1, -0.05) is 31.5 Å². The molecule has 2 aromatic rings. The second-order valence-corrected chi connectivity index (χ2v) is 6.85. The summed E-state index contributed by atoms with van der Waals surface area (Å²) in [5, 5.41) is 3.72. The van der Waals surface area contributed by atoms with Gasteiger partial charge in [-0.05, 0) is 37.3 Å². The normalized spacial score (nSPS) is 17.9. The number of fused-ring (bicyclic) bond motifs is 1. The van der Waals surface area contributed by atoms with Gasteiger partial charge in [-0.3, -0.25) is 19.3 Å². The number of amides is 3. The summed E-state index contributed by atoms with van der Waals surface area (Å²) in [7, 11) is 0. The highest BCUT2D eigenvalue weighted by atomic mass is 16.2. The molecule has 6 heteroatoms. The molecule has 1 saturated heterocycles. The maximum absolute atomic E-state index is 13.0. The Morgan fingerprint density at radius 3 is 2.73 bits per heavy atom. The summed E-state index contributed by atoms with van der Waals surface area (Å²) in [6.07, 6.45) is 2.71. The zero-order chi connectivity index (χ0) is 18.7. The van der Waals surface area contributed by atoms with E-state index in [0.29, 0.717) is 19.3 Å². The first kappa shape index (κ1) is 18.2. The summed E-state index contributed by atoms with van der Waals surface area (Å²) in [6.45, 7) is 3.86. The Labute approximate surface area is 152 Å². The number of carbonyl (C=O) groups is 3. The number of benzene rings is 1. The number of aromatic amines is 1. The van der Waals surface area contributed by atoms with Gasteiger partial charge in [0, 0.05) is 24.1 Å². The summed E-state index contributed by atoms with van der Waals surface area (Å²) in [5.74, 6) is -0.644. The molecule has 1 unspecified atom stereocenters. The van der Waals surface area contributed by atoms with E-state index >= 15 is 0 Å². The van der Waals surface area contributed by atoms with E-state index in [4.69, 9.17) is 0 Å². The van der Waals surface area contributed by atoms with Gasteiger partial charge in [0.25, 0.3) is 5.91 Å². The van der Waals surface area contributed by atoms with E-state index in [9.17, 15) is 14.4 Å². The molecule has 3 rings (SSSR count). The van der Waals surface area contributed by atoms with Crippen LogP contribution < -0.4 is 5.32 Å². The first-order valence-electron chi connectivity index (χ1n) is 9.24. The lowest BCUT2D eigenvalue weighted by Gasteiger charge is -2.29. The number of nitrogens with zero attached hydrogens (tertiary/aromatic N) is 1. The van der Waals surface area contributed by atoms with Crippen molar-refractivity contribution in [3.8, 4) is 0 Å². The molecule has 0 spiro atoms. The van der Waals surface area contributed by atoms with Crippen molar-refractivity contribution in [1.82, 2.24) is 15.2 Å². The largest absolute Gasteiger partial charge is 0.357 e. The molecule has 6 nitrogen and oxygen atoms in total. The van der Waals surface area contributed by atoms with Gasteiger partial charge in [0.2, 0.25) is 11.8 Å². The molecule has 0 saturated carbocycles. The van der Waals surface area contributed by atoms with Crippen molar-refractivity contribution in [2.75, 3.05) is 0 Å². The molecule has 1 aliphatic heterocycles. The third kappa shape index (κ3) is 3.64. The van der Waals surface area contributed by atoms with Crippen LogP contribution >= 0.6 is 0 Å². The highest BCUT2D eigenvalue weighted by Crippen LogP contribution is 2.27. The molecule has 2 N–H and O–H groups in total. The van der Waals surface area contributed by atoms with Crippen LogP contribution in [0.3, 0.4) is 0 Å². The SMILES string of the molecule is CCCCC(=O)N(C(=O)[C@@H]1CCC(=O)N1)C(C)c1cc2ccccc2[nH]1. The van der Waals surface area contributed by atoms with Crippen LogP contribution in [0, 0.1) is 0 Å². The minimum atomic E-state index is -0.611. The monoisotopic (exact) mass is 355 g/mol. The van der Waals surface area contributed by atoms with E-state index in [1.165, 1.54) is 4.90 Å². The lowest BCUT2D eigenvalue weighted by molar-refractivity contribution is -0.149. The molecule has 1 aromatic carbocycles. The number of hydrogen-bond acceptors (Lipinski definition) is 3. The number of H-pyrrole nitrogens is 1. The molecule has 1 fully saturated rings. The average Bonchev–Trinajstić information content (AvgIpc) is 3.26. The van der Waals surface area contributed by atoms with Crippen LogP contribution in [0.5, 0.6) is 0 Å². The molecular weight excluding hydrogens is 330 g/mol. The van der Waals surface area contributed by atoms with Crippen LogP contribution in [0.25, 0.3) is 10.9 Å². The number of unbranched alkanes of at least 4 members (excludes halogenated alkanes) is 1. The van der Waals surface area contributed by atoms with Gasteiger partial charge in [-0.15, -0.1) is 0 Å². The topological polar surface area (TPSA) is 82.3 Å². The smallest absolute Gasteiger partial charge is 0.252 e. The molecule has 2 heterocycles. The van der Waals surface area contributed by atoms with Gasteiger partial charge in [0.1, 0.15) is 6.04 Å². The predicted octanol–water partition coefficient (Wildman–Crippen LogP) is 3.05. The van der Waals surface area contributed by atoms with Crippen molar-refractivity contribution >= 4 is 28.6 Å². The number of nitrogens with one attached hydrogen (secondary N) is 2. The van der Waals surface area contributed by atoms with Crippen molar-refractivity contribution in [3.63, 3.8) is 0 Å². The number of carbonyl (C=O) groups excluding carboxylic acids is 3. The molecule has 138 valence electrons.